The van der Waals surface area contributed by atoms with Gasteiger partial charge in [0.2, 0.25) is 0 Å². The molecule has 20 heavy (non-hydrogen) atoms. The van der Waals surface area contributed by atoms with E-state index in [2.05, 4.69) is 23.8 Å². The quantitative estimate of drug-likeness (QED) is 0.779. The van der Waals surface area contributed by atoms with E-state index in [-0.39, 0.29) is 5.92 Å². The SMILES string of the molecule is CC(C)c1c(Cl)ncnc1-c1cccc(OC2CC2)c1. The molecule has 0 saturated heterocycles. The Morgan fingerprint density at radius 2 is 2.05 bits per heavy atom. The van der Waals surface area contributed by atoms with E-state index in [1.54, 1.807) is 0 Å². The van der Waals surface area contributed by atoms with Crippen LogP contribution < -0.4 is 4.74 Å². The van der Waals surface area contributed by atoms with Gasteiger partial charge in [-0.25, -0.2) is 9.97 Å². The van der Waals surface area contributed by atoms with Gasteiger partial charge in [-0.1, -0.05) is 37.6 Å². The first kappa shape index (κ1) is 13.4. The molecule has 0 bridgehead atoms. The molecule has 0 unspecified atom stereocenters. The summed E-state index contributed by atoms with van der Waals surface area (Å²) in [7, 11) is 0. The lowest BCUT2D eigenvalue weighted by Gasteiger charge is -2.13. The molecule has 0 aliphatic heterocycles. The van der Waals surface area contributed by atoms with Gasteiger partial charge in [0.1, 0.15) is 17.2 Å². The van der Waals surface area contributed by atoms with Crippen LogP contribution >= 0.6 is 11.6 Å². The van der Waals surface area contributed by atoms with Crippen LogP contribution in [0.25, 0.3) is 11.3 Å². The van der Waals surface area contributed by atoms with Gasteiger partial charge in [0, 0.05) is 11.1 Å². The minimum Gasteiger partial charge on any atom is -0.490 e. The summed E-state index contributed by atoms with van der Waals surface area (Å²) in [6.07, 6.45) is 4.21. The summed E-state index contributed by atoms with van der Waals surface area (Å²) in [5.41, 5.74) is 2.90. The molecule has 1 aliphatic carbocycles. The fourth-order valence-corrected chi connectivity index (χ4v) is 2.56. The van der Waals surface area contributed by atoms with Crippen molar-refractivity contribution in [2.24, 2.45) is 0 Å². The second kappa shape index (κ2) is 5.41. The zero-order valence-electron chi connectivity index (χ0n) is 11.6. The lowest BCUT2D eigenvalue weighted by atomic mass is 9.98. The maximum absolute atomic E-state index is 6.23. The molecule has 1 aromatic heterocycles. The Kier molecular flexibility index (Phi) is 3.62. The average molecular weight is 289 g/mol. The number of ether oxygens (including phenoxy) is 1. The predicted molar refractivity (Wildman–Crippen MR) is 80.2 cm³/mol. The first-order chi connectivity index (χ1) is 9.65. The molecule has 1 saturated carbocycles. The Hall–Kier alpha value is -1.61. The first-order valence-corrected chi connectivity index (χ1v) is 7.30. The van der Waals surface area contributed by atoms with Crippen molar-refractivity contribution in [3.05, 3.63) is 41.3 Å². The van der Waals surface area contributed by atoms with Gasteiger partial charge >= 0.3 is 0 Å². The topological polar surface area (TPSA) is 35.0 Å². The third kappa shape index (κ3) is 2.78. The smallest absolute Gasteiger partial charge is 0.136 e. The summed E-state index contributed by atoms with van der Waals surface area (Å²) in [6.45, 7) is 4.19. The van der Waals surface area contributed by atoms with E-state index in [1.165, 1.54) is 6.33 Å². The van der Waals surface area contributed by atoms with Crippen molar-refractivity contribution in [3.63, 3.8) is 0 Å². The van der Waals surface area contributed by atoms with Crippen molar-refractivity contribution in [1.29, 1.82) is 0 Å². The van der Waals surface area contributed by atoms with E-state index >= 15 is 0 Å². The molecule has 0 N–H and O–H groups in total. The van der Waals surface area contributed by atoms with Crippen LogP contribution in [0.4, 0.5) is 0 Å². The molecule has 3 nitrogen and oxygen atoms in total. The third-order valence-corrected chi connectivity index (χ3v) is 3.65. The number of nitrogens with zero attached hydrogens (tertiary/aromatic N) is 2. The Bertz CT molecular complexity index is 624. The second-order valence-corrected chi connectivity index (χ2v) is 5.78. The highest BCUT2D eigenvalue weighted by Crippen LogP contribution is 2.34. The van der Waals surface area contributed by atoms with Crippen LogP contribution in [0, 0.1) is 0 Å². The molecule has 0 radical (unpaired) electrons. The number of hydrogen-bond acceptors (Lipinski definition) is 3. The van der Waals surface area contributed by atoms with E-state index in [0.717, 1.165) is 35.4 Å². The molecule has 1 heterocycles. The van der Waals surface area contributed by atoms with Gasteiger partial charge in [-0.05, 0) is 30.9 Å². The van der Waals surface area contributed by atoms with E-state index in [9.17, 15) is 0 Å². The van der Waals surface area contributed by atoms with Gasteiger partial charge in [0.15, 0.2) is 0 Å². The summed E-state index contributed by atoms with van der Waals surface area (Å²) in [5, 5.41) is 0.526. The molecule has 1 fully saturated rings. The van der Waals surface area contributed by atoms with Crippen molar-refractivity contribution in [2.45, 2.75) is 38.7 Å². The van der Waals surface area contributed by atoms with Crippen LogP contribution in [0.2, 0.25) is 5.15 Å². The highest BCUT2D eigenvalue weighted by atomic mass is 35.5. The number of halogens is 1. The summed E-state index contributed by atoms with van der Waals surface area (Å²) >= 11 is 6.23. The van der Waals surface area contributed by atoms with E-state index in [4.69, 9.17) is 16.3 Å². The second-order valence-electron chi connectivity index (χ2n) is 5.43. The minimum absolute atomic E-state index is 0.270. The van der Waals surface area contributed by atoms with E-state index in [0.29, 0.717) is 11.3 Å². The normalized spacial score (nSPS) is 14.6. The molecule has 0 atom stereocenters. The molecule has 0 spiro atoms. The van der Waals surface area contributed by atoms with Crippen LogP contribution in [0.3, 0.4) is 0 Å². The van der Waals surface area contributed by atoms with Crippen LogP contribution in [0.1, 0.15) is 38.2 Å². The van der Waals surface area contributed by atoms with Crippen molar-refractivity contribution < 1.29 is 4.74 Å². The van der Waals surface area contributed by atoms with Gasteiger partial charge in [-0.3, -0.25) is 0 Å². The highest BCUT2D eigenvalue weighted by molar-refractivity contribution is 6.30. The van der Waals surface area contributed by atoms with Crippen LogP contribution in [-0.4, -0.2) is 16.1 Å². The standard InChI is InChI=1S/C16H17ClN2O/c1-10(2)14-15(18-9-19-16(14)17)11-4-3-5-13(8-11)20-12-6-7-12/h3-5,8-10,12H,6-7H2,1-2H3. The zero-order chi connectivity index (χ0) is 14.1. The molecule has 104 valence electrons. The molecular formula is C16H17ClN2O. The molecule has 1 aromatic carbocycles. The molecule has 4 heteroatoms. The average Bonchev–Trinajstić information content (AvgIpc) is 3.22. The largest absolute Gasteiger partial charge is 0.490 e. The lowest BCUT2D eigenvalue weighted by Crippen LogP contribution is -2.00. The van der Waals surface area contributed by atoms with Crippen molar-refractivity contribution >= 4 is 11.6 Å². The van der Waals surface area contributed by atoms with Crippen molar-refractivity contribution in [1.82, 2.24) is 9.97 Å². The maximum atomic E-state index is 6.23. The number of hydrogen-bond donors (Lipinski definition) is 0. The van der Waals surface area contributed by atoms with Gasteiger partial charge < -0.3 is 4.74 Å². The van der Waals surface area contributed by atoms with Gasteiger partial charge in [0.05, 0.1) is 11.8 Å². The van der Waals surface area contributed by atoms with Crippen LogP contribution in [-0.2, 0) is 0 Å². The summed E-state index contributed by atoms with van der Waals surface area (Å²) < 4.78 is 5.84. The van der Waals surface area contributed by atoms with Crippen LogP contribution in [0.15, 0.2) is 30.6 Å². The summed E-state index contributed by atoms with van der Waals surface area (Å²) in [4.78, 5) is 8.51. The molecule has 2 aromatic rings. The highest BCUT2D eigenvalue weighted by Gasteiger charge is 2.23. The van der Waals surface area contributed by atoms with E-state index in [1.807, 2.05) is 24.3 Å². The Labute approximate surface area is 124 Å². The monoisotopic (exact) mass is 288 g/mol. The molecular weight excluding hydrogens is 272 g/mol. The number of rotatable bonds is 4. The minimum atomic E-state index is 0.270. The maximum Gasteiger partial charge on any atom is 0.136 e. The number of benzene rings is 1. The van der Waals surface area contributed by atoms with Crippen molar-refractivity contribution in [3.8, 4) is 17.0 Å². The molecule has 0 amide bonds. The van der Waals surface area contributed by atoms with Crippen molar-refractivity contribution in [2.75, 3.05) is 0 Å². The summed E-state index contributed by atoms with van der Waals surface area (Å²) in [6, 6.07) is 8.04. The number of aromatic nitrogens is 2. The van der Waals surface area contributed by atoms with Gasteiger partial charge in [-0.15, -0.1) is 0 Å². The fourth-order valence-electron chi connectivity index (χ4n) is 2.21. The van der Waals surface area contributed by atoms with Gasteiger partial charge in [-0.2, -0.15) is 0 Å². The molecule has 1 aliphatic rings. The third-order valence-electron chi connectivity index (χ3n) is 3.35. The molecule has 3 rings (SSSR count). The lowest BCUT2D eigenvalue weighted by molar-refractivity contribution is 0.303. The van der Waals surface area contributed by atoms with Gasteiger partial charge in [0.25, 0.3) is 0 Å². The Morgan fingerprint density at radius 1 is 1.25 bits per heavy atom. The first-order valence-electron chi connectivity index (χ1n) is 6.92. The zero-order valence-corrected chi connectivity index (χ0v) is 12.4. The Morgan fingerprint density at radius 3 is 2.75 bits per heavy atom. The van der Waals surface area contributed by atoms with E-state index < -0.39 is 0 Å². The van der Waals surface area contributed by atoms with Crippen LogP contribution in [0.5, 0.6) is 5.75 Å². The predicted octanol–water partition coefficient (Wildman–Crippen LogP) is 4.46. The fraction of sp³-hybridized carbons (Fsp3) is 0.375. The Balaban J connectivity index is 2.01. The summed E-state index contributed by atoms with van der Waals surface area (Å²) in [5.74, 6) is 1.17.